The van der Waals surface area contributed by atoms with E-state index in [1.807, 2.05) is 25.2 Å². The summed E-state index contributed by atoms with van der Waals surface area (Å²) in [6, 6.07) is 10.5. The molecule has 1 aromatic heterocycles. The summed E-state index contributed by atoms with van der Waals surface area (Å²) in [6.45, 7) is 1.88. The Labute approximate surface area is 159 Å². The molecule has 3 amide bonds. The molecule has 2 heterocycles. The molecule has 1 aromatic carbocycles. The van der Waals surface area contributed by atoms with E-state index in [9.17, 15) is 9.59 Å². The lowest BCUT2D eigenvalue weighted by Crippen LogP contribution is -2.40. The molecule has 2 aliphatic rings. The van der Waals surface area contributed by atoms with Crippen LogP contribution in [0.1, 0.15) is 37.8 Å². The SMILES string of the molecule is CN(C[C@@H]1CC(=O)N(C2CCCC2)C1)C(=O)NCc1cc2ccccc2[nH]1. The van der Waals surface area contributed by atoms with E-state index in [1.165, 1.54) is 12.8 Å². The first-order valence-corrected chi connectivity index (χ1v) is 9.95. The van der Waals surface area contributed by atoms with E-state index in [-0.39, 0.29) is 17.9 Å². The van der Waals surface area contributed by atoms with Crippen molar-refractivity contribution in [1.82, 2.24) is 20.1 Å². The molecule has 4 rings (SSSR count). The molecule has 0 spiro atoms. The normalized spacial score (nSPS) is 20.6. The number of amides is 3. The monoisotopic (exact) mass is 368 g/mol. The van der Waals surface area contributed by atoms with E-state index in [0.29, 0.717) is 25.6 Å². The van der Waals surface area contributed by atoms with E-state index in [4.69, 9.17) is 0 Å². The second-order valence-corrected chi connectivity index (χ2v) is 7.98. The van der Waals surface area contributed by atoms with Crippen molar-refractivity contribution in [2.75, 3.05) is 20.1 Å². The number of para-hydroxylation sites is 1. The van der Waals surface area contributed by atoms with Crippen LogP contribution in [0.3, 0.4) is 0 Å². The van der Waals surface area contributed by atoms with Crippen LogP contribution in [0.25, 0.3) is 10.9 Å². The Morgan fingerprint density at radius 3 is 2.85 bits per heavy atom. The van der Waals surface area contributed by atoms with Crippen molar-refractivity contribution in [3.63, 3.8) is 0 Å². The molecule has 1 atom stereocenters. The molecule has 1 saturated carbocycles. The van der Waals surface area contributed by atoms with Crippen LogP contribution in [-0.4, -0.2) is 52.9 Å². The van der Waals surface area contributed by atoms with Crippen LogP contribution >= 0.6 is 0 Å². The van der Waals surface area contributed by atoms with Gasteiger partial charge in [-0.05, 0) is 30.4 Å². The van der Waals surface area contributed by atoms with Gasteiger partial charge in [0.25, 0.3) is 0 Å². The molecule has 0 bridgehead atoms. The average molecular weight is 368 g/mol. The van der Waals surface area contributed by atoms with Gasteiger partial charge in [-0.3, -0.25) is 4.79 Å². The summed E-state index contributed by atoms with van der Waals surface area (Å²) in [5.74, 6) is 0.501. The smallest absolute Gasteiger partial charge is 0.317 e. The molecule has 1 aliphatic carbocycles. The summed E-state index contributed by atoms with van der Waals surface area (Å²) in [5.41, 5.74) is 2.06. The lowest BCUT2D eigenvalue weighted by Gasteiger charge is -2.25. The number of carbonyl (C=O) groups excluding carboxylic acids is 2. The zero-order chi connectivity index (χ0) is 18.8. The number of likely N-dealkylation sites (tertiary alicyclic amines) is 1. The molecule has 0 unspecified atom stereocenters. The van der Waals surface area contributed by atoms with Crippen LogP contribution < -0.4 is 5.32 Å². The Bertz CT molecular complexity index is 791. The largest absolute Gasteiger partial charge is 0.357 e. The van der Waals surface area contributed by atoms with Gasteiger partial charge in [0.15, 0.2) is 0 Å². The molecule has 2 fully saturated rings. The number of fused-ring (bicyclic) bond motifs is 1. The molecular formula is C21H28N4O2. The van der Waals surface area contributed by atoms with Crippen molar-refractivity contribution in [3.8, 4) is 0 Å². The predicted molar refractivity (Wildman–Crippen MR) is 105 cm³/mol. The van der Waals surface area contributed by atoms with E-state index < -0.39 is 0 Å². The third kappa shape index (κ3) is 3.94. The van der Waals surface area contributed by atoms with Crippen molar-refractivity contribution in [2.24, 2.45) is 5.92 Å². The first-order chi connectivity index (χ1) is 13.1. The zero-order valence-corrected chi connectivity index (χ0v) is 15.9. The molecular weight excluding hydrogens is 340 g/mol. The quantitative estimate of drug-likeness (QED) is 0.851. The maximum absolute atomic E-state index is 12.4. The first kappa shape index (κ1) is 17.9. The zero-order valence-electron chi connectivity index (χ0n) is 15.9. The summed E-state index contributed by atoms with van der Waals surface area (Å²) in [7, 11) is 1.81. The van der Waals surface area contributed by atoms with E-state index in [0.717, 1.165) is 36.0 Å². The van der Waals surface area contributed by atoms with Gasteiger partial charge in [-0.2, -0.15) is 0 Å². The van der Waals surface area contributed by atoms with Crippen molar-refractivity contribution in [1.29, 1.82) is 0 Å². The Balaban J connectivity index is 1.27. The highest BCUT2D eigenvalue weighted by atomic mass is 16.2. The molecule has 144 valence electrons. The maximum Gasteiger partial charge on any atom is 0.317 e. The number of rotatable bonds is 5. The summed E-state index contributed by atoms with van der Waals surface area (Å²) >= 11 is 0. The van der Waals surface area contributed by atoms with Gasteiger partial charge in [-0.1, -0.05) is 31.0 Å². The first-order valence-electron chi connectivity index (χ1n) is 9.95. The Morgan fingerprint density at radius 1 is 1.30 bits per heavy atom. The summed E-state index contributed by atoms with van der Waals surface area (Å²) in [4.78, 5) is 31.9. The van der Waals surface area contributed by atoms with Gasteiger partial charge >= 0.3 is 6.03 Å². The Kier molecular flexibility index (Phi) is 5.05. The van der Waals surface area contributed by atoms with Crippen molar-refractivity contribution < 1.29 is 9.59 Å². The van der Waals surface area contributed by atoms with Gasteiger partial charge in [0.2, 0.25) is 5.91 Å². The molecule has 27 heavy (non-hydrogen) atoms. The third-order valence-electron chi connectivity index (χ3n) is 5.90. The molecule has 2 N–H and O–H groups in total. The summed E-state index contributed by atoms with van der Waals surface area (Å²) in [5, 5.41) is 4.11. The van der Waals surface area contributed by atoms with Gasteiger partial charge in [0.1, 0.15) is 0 Å². The fraction of sp³-hybridized carbons (Fsp3) is 0.524. The van der Waals surface area contributed by atoms with Gasteiger partial charge in [-0.25, -0.2) is 4.79 Å². The van der Waals surface area contributed by atoms with Crippen LogP contribution in [0.5, 0.6) is 0 Å². The minimum absolute atomic E-state index is 0.0968. The number of carbonyl (C=O) groups is 2. The lowest BCUT2D eigenvalue weighted by atomic mass is 10.1. The summed E-state index contributed by atoms with van der Waals surface area (Å²) in [6.07, 6.45) is 5.30. The van der Waals surface area contributed by atoms with Gasteiger partial charge < -0.3 is 20.1 Å². The van der Waals surface area contributed by atoms with Crippen LogP contribution in [-0.2, 0) is 11.3 Å². The topological polar surface area (TPSA) is 68.4 Å². The minimum Gasteiger partial charge on any atom is -0.357 e. The number of nitrogens with one attached hydrogen (secondary N) is 2. The highest BCUT2D eigenvalue weighted by molar-refractivity contribution is 5.81. The molecule has 6 heteroatoms. The van der Waals surface area contributed by atoms with Crippen LogP contribution in [0.2, 0.25) is 0 Å². The number of aromatic amines is 1. The number of aromatic nitrogens is 1. The van der Waals surface area contributed by atoms with Crippen molar-refractivity contribution in [2.45, 2.75) is 44.7 Å². The standard InChI is InChI=1S/C21H28N4O2/c1-24(13-15-10-20(26)25(14-15)18-7-3-4-8-18)21(27)22-12-17-11-16-6-2-5-9-19(16)23-17/h2,5-6,9,11,15,18,23H,3-4,7-8,10,12-14H2,1H3,(H,22,27)/t15-/m0/s1. The molecule has 0 radical (unpaired) electrons. The number of nitrogens with zero attached hydrogens (tertiary/aromatic N) is 2. The van der Waals surface area contributed by atoms with Crippen LogP contribution in [0.4, 0.5) is 4.79 Å². The fourth-order valence-electron chi connectivity index (χ4n) is 4.50. The molecule has 6 nitrogen and oxygen atoms in total. The number of H-pyrrole nitrogens is 1. The van der Waals surface area contributed by atoms with Crippen LogP contribution in [0.15, 0.2) is 30.3 Å². The molecule has 1 saturated heterocycles. The van der Waals surface area contributed by atoms with Crippen molar-refractivity contribution in [3.05, 3.63) is 36.0 Å². The second kappa shape index (κ2) is 7.62. The molecule has 2 aromatic rings. The minimum atomic E-state index is -0.0968. The van der Waals surface area contributed by atoms with Gasteiger partial charge in [0, 0.05) is 49.7 Å². The van der Waals surface area contributed by atoms with Gasteiger partial charge in [-0.15, -0.1) is 0 Å². The number of hydrogen-bond acceptors (Lipinski definition) is 2. The second-order valence-electron chi connectivity index (χ2n) is 7.98. The van der Waals surface area contributed by atoms with E-state index >= 15 is 0 Å². The number of hydrogen-bond donors (Lipinski definition) is 2. The fourth-order valence-corrected chi connectivity index (χ4v) is 4.50. The Hall–Kier alpha value is -2.50. The van der Waals surface area contributed by atoms with E-state index in [1.54, 1.807) is 4.90 Å². The maximum atomic E-state index is 12.4. The Morgan fingerprint density at radius 2 is 2.07 bits per heavy atom. The van der Waals surface area contributed by atoms with Gasteiger partial charge in [0.05, 0.1) is 6.54 Å². The lowest BCUT2D eigenvalue weighted by molar-refractivity contribution is -0.129. The molecule has 1 aliphatic heterocycles. The third-order valence-corrected chi connectivity index (χ3v) is 5.90. The predicted octanol–water partition coefficient (Wildman–Crippen LogP) is 3.10. The highest BCUT2D eigenvalue weighted by Crippen LogP contribution is 2.29. The number of urea groups is 1. The van der Waals surface area contributed by atoms with Crippen LogP contribution in [0, 0.1) is 5.92 Å². The van der Waals surface area contributed by atoms with E-state index in [2.05, 4.69) is 27.3 Å². The number of benzene rings is 1. The van der Waals surface area contributed by atoms with Crippen molar-refractivity contribution >= 4 is 22.8 Å². The summed E-state index contributed by atoms with van der Waals surface area (Å²) < 4.78 is 0. The average Bonchev–Trinajstić information content (AvgIpc) is 3.38. The highest BCUT2D eigenvalue weighted by Gasteiger charge is 2.36.